The summed E-state index contributed by atoms with van der Waals surface area (Å²) in [7, 11) is 3.02. The molecule has 0 bridgehead atoms. The number of carbonyl (C=O) groups is 3. The van der Waals surface area contributed by atoms with Crippen LogP contribution in [-0.2, 0) is 6.42 Å². The quantitative estimate of drug-likeness (QED) is 0.493. The van der Waals surface area contributed by atoms with Crippen LogP contribution in [0, 0.1) is 0 Å². The number of ether oxygens (including phenoxy) is 2. The Bertz CT molecular complexity index is 1130. The normalized spacial score (nSPS) is 12.4. The average molecular weight is 377 g/mol. The highest BCUT2D eigenvalue weighted by atomic mass is 16.5. The molecular formula is C21H15NO6. The standard InChI is InChI=1S/C21H15NO6/c1-26-15-8-7-11(10-16(15)27-2)9-14(23)18-17-19(24)12-5-3-4-6-13(12)20(25)21(17)28-22-18/h3-8,10H,9H2,1-2H3. The molecule has 0 saturated heterocycles. The van der Waals surface area contributed by atoms with E-state index < -0.39 is 17.3 Å². The lowest BCUT2D eigenvalue weighted by Gasteiger charge is -2.12. The molecule has 0 unspecified atom stereocenters. The summed E-state index contributed by atoms with van der Waals surface area (Å²) in [6.45, 7) is 0. The fourth-order valence-electron chi connectivity index (χ4n) is 3.24. The van der Waals surface area contributed by atoms with Gasteiger partial charge in [0, 0.05) is 17.5 Å². The van der Waals surface area contributed by atoms with E-state index >= 15 is 0 Å². The third-order valence-electron chi connectivity index (χ3n) is 4.62. The van der Waals surface area contributed by atoms with Crippen LogP contribution < -0.4 is 9.47 Å². The van der Waals surface area contributed by atoms with Crippen molar-refractivity contribution in [2.24, 2.45) is 0 Å². The van der Waals surface area contributed by atoms with Gasteiger partial charge in [0.15, 0.2) is 28.8 Å². The summed E-state index contributed by atoms with van der Waals surface area (Å²) in [6.07, 6.45) is -0.0392. The lowest BCUT2D eigenvalue weighted by atomic mass is 9.86. The van der Waals surface area contributed by atoms with Crippen molar-refractivity contribution in [2.45, 2.75) is 6.42 Å². The highest BCUT2D eigenvalue weighted by Crippen LogP contribution is 2.31. The third kappa shape index (κ3) is 2.68. The van der Waals surface area contributed by atoms with E-state index in [1.165, 1.54) is 14.2 Å². The van der Waals surface area contributed by atoms with Crippen LogP contribution in [0.2, 0.25) is 0 Å². The molecule has 0 fully saturated rings. The van der Waals surface area contributed by atoms with Crippen molar-refractivity contribution in [2.75, 3.05) is 14.2 Å². The minimum absolute atomic E-state index is 0.0392. The summed E-state index contributed by atoms with van der Waals surface area (Å²) in [6, 6.07) is 11.5. The SMILES string of the molecule is COc1ccc(CC(=O)c2noc3c2C(=O)c2ccccc2C3=O)cc1OC. The Morgan fingerprint density at radius 3 is 2.32 bits per heavy atom. The Hall–Kier alpha value is -3.74. The van der Waals surface area contributed by atoms with Crippen LogP contribution in [0.1, 0.15) is 48.1 Å². The van der Waals surface area contributed by atoms with Crippen molar-refractivity contribution in [3.05, 3.63) is 76.2 Å². The first-order chi connectivity index (χ1) is 13.5. The maximum Gasteiger partial charge on any atom is 0.232 e. The van der Waals surface area contributed by atoms with Gasteiger partial charge in [0.2, 0.25) is 11.5 Å². The van der Waals surface area contributed by atoms with E-state index in [0.29, 0.717) is 17.1 Å². The zero-order valence-corrected chi connectivity index (χ0v) is 15.1. The molecule has 1 aromatic heterocycles. The van der Waals surface area contributed by atoms with Gasteiger partial charge in [0.1, 0.15) is 5.56 Å². The second kappa shape index (κ2) is 6.77. The Labute approximate surface area is 159 Å². The second-order valence-electron chi connectivity index (χ2n) is 6.23. The first-order valence-electron chi connectivity index (χ1n) is 8.47. The van der Waals surface area contributed by atoms with E-state index in [4.69, 9.17) is 14.0 Å². The lowest BCUT2D eigenvalue weighted by molar-refractivity contribution is 0.0953. The van der Waals surface area contributed by atoms with Crippen molar-refractivity contribution in [3.8, 4) is 11.5 Å². The van der Waals surface area contributed by atoms with E-state index in [9.17, 15) is 14.4 Å². The molecule has 2 aromatic carbocycles. The fourth-order valence-corrected chi connectivity index (χ4v) is 3.24. The highest BCUT2D eigenvalue weighted by molar-refractivity contribution is 6.29. The van der Waals surface area contributed by atoms with Gasteiger partial charge in [-0.2, -0.15) is 0 Å². The molecule has 1 aliphatic carbocycles. The van der Waals surface area contributed by atoms with Gasteiger partial charge in [0.05, 0.1) is 14.2 Å². The van der Waals surface area contributed by atoms with Gasteiger partial charge >= 0.3 is 0 Å². The molecule has 0 atom stereocenters. The molecule has 1 heterocycles. The molecule has 7 heteroatoms. The Morgan fingerprint density at radius 1 is 0.964 bits per heavy atom. The molecule has 0 amide bonds. The number of ketones is 3. The maximum absolute atomic E-state index is 12.8. The minimum Gasteiger partial charge on any atom is -0.493 e. The van der Waals surface area contributed by atoms with Gasteiger partial charge in [-0.1, -0.05) is 35.5 Å². The highest BCUT2D eigenvalue weighted by Gasteiger charge is 2.38. The molecule has 140 valence electrons. The van der Waals surface area contributed by atoms with Crippen LogP contribution in [0.3, 0.4) is 0 Å². The molecule has 0 aliphatic heterocycles. The predicted octanol–water partition coefficient (Wildman–Crippen LogP) is 2.89. The fraction of sp³-hybridized carbons (Fsp3) is 0.143. The summed E-state index contributed by atoms with van der Waals surface area (Å²) in [5.41, 5.74) is 0.916. The molecular weight excluding hydrogens is 362 g/mol. The summed E-state index contributed by atoms with van der Waals surface area (Å²) in [5.74, 6) is -0.507. The van der Waals surface area contributed by atoms with E-state index in [0.717, 1.165) is 0 Å². The van der Waals surface area contributed by atoms with Gasteiger partial charge in [0.25, 0.3) is 0 Å². The smallest absolute Gasteiger partial charge is 0.232 e. The van der Waals surface area contributed by atoms with Crippen molar-refractivity contribution >= 4 is 17.3 Å². The van der Waals surface area contributed by atoms with Crippen LogP contribution in [0.4, 0.5) is 0 Å². The van der Waals surface area contributed by atoms with Crippen molar-refractivity contribution in [1.29, 1.82) is 0 Å². The molecule has 28 heavy (non-hydrogen) atoms. The number of hydrogen-bond donors (Lipinski definition) is 0. The number of rotatable bonds is 5. The molecule has 0 saturated carbocycles. The minimum atomic E-state index is -0.456. The van der Waals surface area contributed by atoms with E-state index in [-0.39, 0.29) is 34.6 Å². The Kier molecular flexibility index (Phi) is 4.27. The zero-order chi connectivity index (χ0) is 19.8. The molecule has 0 N–H and O–H groups in total. The number of aromatic nitrogens is 1. The molecule has 1 aliphatic rings. The lowest BCUT2D eigenvalue weighted by Crippen LogP contribution is -2.21. The molecule has 0 spiro atoms. The molecule has 7 nitrogen and oxygen atoms in total. The summed E-state index contributed by atoms with van der Waals surface area (Å²) >= 11 is 0. The topological polar surface area (TPSA) is 95.7 Å². The van der Waals surface area contributed by atoms with Crippen molar-refractivity contribution in [3.63, 3.8) is 0 Å². The maximum atomic E-state index is 12.8. The van der Waals surface area contributed by atoms with Crippen LogP contribution in [0.25, 0.3) is 0 Å². The number of carbonyl (C=O) groups excluding carboxylic acids is 3. The largest absolute Gasteiger partial charge is 0.493 e. The monoisotopic (exact) mass is 377 g/mol. The summed E-state index contributed by atoms with van der Waals surface area (Å²) in [5, 5.41) is 3.73. The van der Waals surface area contributed by atoms with Crippen LogP contribution in [-0.4, -0.2) is 36.7 Å². The molecule has 3 aromatic rings. The number of benzene rings is 2. The van der Waals surface area contributed by atoms with Gasteiger partial charge < -0.3 is 14.0 Å². The van der Waals surface area contributed by atoms with E-state index in [2.05, 4.69) is 5.16 Å². The van der Waals surface area contributed by atoms with Crippen LogP contribution in [0.5, 0.6) is 11.5 Å². The number of nitrogens with zero attached hydrogens (tertiary/aromatic N) is 1. The van der Waals surface area contributed by atoms with Crippen LogP contribution in [0.15, 0.2) is 47.0 Å². The Morgan fingerprint density at radius 2 is 1.64 bits per heavy atom. The molecule has 0 radical (unpaired) electrons. The van der Waals surface area contributed by atoms with Crippen LogP contribution >= 0.6 is 0 Å². The Balaban J connectivity index is 1.69. The van der Waals surface area contributed by atoms with Crippen molar-refractivity contribution < 1.29 is 28.4 Å². The summed E-state index contributed by atoms with van der Waals surface area (Å²) < 4.78 is 15.5. The number of fused-ring (bicyclic) bond motifs is 2. The molecule has 4 rings (SSSR count). The van der Waals surface area contributed by atoms with Gasteiger partial charge in [-0.25, -0.2) is 0 Å². The average Bonchev–Trinajstić information content (AvgIpc) is 3.17. The second-order valence-corrected chi connectivity index (χ2v) is 6.23. The number of hydrogen-bond acceptors (Lipinski definition) is 7. The first kappa shape index (κ1) is 17.7. The van der Waals surface area contributed by atoms with Gasteiger partial charge in [-0.15, -0.1) is 0 Å². The first-order valence-corrected chi connectivity index (χ1v) is 8.47. The van der Waals surface area contributed by atoms with Crippen molar-refractivity contribution in [1.82, 2.24) is 5.16 Å². The predicted molar refractivity (Wildman–Crippen MR) is 97.4 cm³/mol. The third-order valence-corrected chi connectivity index (χ3v) is 4.62. The van der Waals surface area contributed by atoms with Gasteiger partial charge in [-0.05, 0) is 17.7 Å². The number of methoxy groups -OCH3 is 2. The number of Topliss-reactive ketones (excluding diaryl/α,β-unsaturated/α-hetero) is 1. The zero-order valence-electron chi connectivity index (χ0n) is 15.1. The van der Waals surface area contributed by atoms with E-state index in [1.54, 1.807) is 42.5 Å². The van der Waals surface area contributed by atoms with Gasteiger partial charge in [-0.3, -0.25) is 14.4 Å². The van der Waals surface area contributed by atoms with E-state index in [1.807, 2.05) is 0 Å². The summed E-state index contributed by atoms with van der Waals surface area (Å²) in [4.78, 5) is 38.2.